The first-order chi connectivity index (χ1) is 8.25. The van der Waals surface area contributed by atoms with E-state index in [9.17, 15) is 0 Å². The molecule has 1 aliphatic heterocycles. The van der Waals surface area contributed by atoms with Crippen LogP contribution in [0.1, 0.15) is 12.1 Å². The van der Waals surface area contributed by atoms with Gasteiger partial charge in [-0.3, -0.25) is 4.99 Å². The number of aliphatic imine (C=N–C) groups is 1. The fourth-order valence-electron chi connectivity index (χ4n) is 1.52. The SMILES string of the molecule is CN(C)c1nccc(CNC2=NCCCN2)n1.I. The maximum Gasteiger partial charge on any atom is 0.225 e. The summed E-state index contributed by atoms with van der Waals surface area (Å²) in [5.41, 5.74) is 0.957. The van der Waals surface area contributed by atoms with E-state index in [-0.39, 0.29) is 24.0 Å². The summed E-state index contributed by atoms with van der Waals surface area (Å²) in [6.45, 7) is 2.54. The minimum absolute atomic E-state index is 0. The number of rotatable bonds is 3. The Balaban J connectivity index is 0.00000162. The molecule has 18 heavy (non-hydrogen) atoms. The highest BCUT2D eigenvalue weighted by atomic mass is 127. The van der Waals surface area contributed by atoms with Gasteiger partial charge in [-0.05, 0) is 12.5 Å². The van der Waals surface area contributed by atoms with Gasteiger partial charge in [-0.2, -0.15) is 0 Å². The first kappa shape index (κ1) is 14.9. The Morgan fingerprint density at radius 1 is 1.44 bits per heavy atom. The number of hydrogen-bond donors (Lipinski definition) is 2. The van der Waals surface area contributed by atoms with Crippen LogP contribution in [0.15, 0.2) is 17.3 Å². The van der Waals surface area contributed by atoms with Crippen molar-refractivity contribution in [2.75, 3.05) is 32.1 Å². The Morgan fingerprint density at radius 2 is 2.28 bits per heavy atom. The van der Waals surface area contributed by atoms with Crippen molar-refractivity contribution in [1.29, 1.82) is 0 Å². The lowest BCUT2D eigenvalue weighted by atomic mass is 10.4. The molecule has 1 aromatic rings. The summed E-state index contributed by atoms with van der Waals surface area (Å²) in [6.07, 6.45) is 2.87. The molecular formula is C11H19IN6. The molecule has 2 heterocycles. The van der Waals surface area contributed by atoms with E-state index in [0.717, 1.165) is 37.1 Å². The second-order valence-electron chi connectivity index (χ2n) is 4.11. The molecule has 1 aliphatic rings. The molecule has 0 unspecified atom stereocenters. The lowest BCUT2D eigenvalue weighted by molar-refractivity contribution is 0.697. The first-order valence-electron chi connectivity index (χ1n) is 5.77. The molecule has 0 spiro atoms. The summed E-state index contributed by atoms with van der Waals surface area (Å²) in [5, 5.41) is 6.45. The average Bonchev–Trinajstić information content (AvgIpc) is 2.38. The van der Waals surface area contributed by atoms with Crippen LogP contribution in [0, 0.1) is 0 Å². The molecule has 0 atom stereocenters. The molecule has 0 bridgehead atoms. The largest absolute Gasteiger partial charge is 0.356 e. The monoisotopic (exact) mass is 362 g/mol. The molecule has 0 saturated heterocycles. The van der Waals surface area contributed by atoms with E-state index < -0.39 is 0 Å². The van der Waals surface area contributed by atoms with Crippen molar-refractivity contribution in [2.24, 2.45) is 4.99 Å². The molecule has 2 rings (SSSR count). The van der Waals surface area contributed by atoms with Gasteiger partial charge in [0.2, 0.25) is 5.95 Å². The van der Waals surface area contributed by atoms with E-state index in [1.807, 2.05) is 25.1 Å². The Hall–Kier alpha value is -1.12. The van der Waals surface area contributed by atoms with E-state index >= 15 is 0 Å². The van der Waals surface area contributed by atoms with Crippen molar-refractivity contribution in [2.45, 2.75) is 13.0 Å². The van der Waals surface area contributed by atoms with Gasteiger partial charge in [0, 0.05) is 33.4 Å². The predicted molar refractivity (Wildman–Crippen MR) is 83.5 cm³/mol. The van der Waals surface area contributed by atoms with E-state index in [4.69, 9.17) is 0 Å². The standard InChI is InChI=1S/C11H18N6.HI/c1-17(2)11-14-7-4-9(16-11)8-15-10-12-5-3-6-13-10;/h4,7H,3,5-6,8H2,1-2H3,(H2,12,13,15);1H. The highest BCUT2D eigenvalue weighted by Crippen LogP contribution is 2.03. The number of nitrogens with one attached hydrogen (secondary N) is 2. The Bertz CT molecular complexity index is 406. The van der Waals surface area contributed by atoms with E-state index in [0.29, 0.717) is 6.54 Å². The molecule has 0 saturated carbocycles. The van der Waals surface area contributed by atoms with Gasteiger partial charge in [0.05, 0.1) is 12.2 Å². The third kappa shape index (κ3) is 4.28. The maximum atomic E-state index is 4.43. The van der Waals surface area contributed by atoms with E-state index in [2.05, 4.69) is 25.6 Å². The van der Waals surface area contributed by atoms with Crippen molar-refractivity contribution in [3.8, 4) is 0 Å². The van der Waals surface area contributed by atoms with Crippen molar-refractivity contribution in [3.05, 3.63) is 18.0 Å². The molecule has 2 N–H and O–H groups in total. The zero-order valence-corrected chi connectivity index (χ0v) is 13.0. The summed E-state index contributed by atoms with van der Waals surface area (Å²) in [7, 11) is 3.86. The number of nitrogens with zero attached hydrogens (tertiary/aromatic N) is 4. The Kier molecular flexibility index (Phi) is 6.10. The van der Waals surface area contributed by atoms with Crippen molar-refractivity contribution < 1.29 is 0 Å². The predicted octanol–water partition coefficient (Wildman–Crippen LogP) is 0.599. The van der Waals surface area contributed by atoms with Crippen LogP contribution in [0.25, 0.3) is 0 Å². The molecule has 6 nitrogen and oxygen atoms in total. The van der Waals surface area contributed by atoms with Gasteiger partial charge in [0.15, 0.2) is 5.96 Å². The summed E-state index contributed by atoms with van der Waals surface area (Å²) < 4.78 is 0. The van der Waals surface area contributed by atoms with E-state index in [1.54, 1.807) is 6.20 Å². The topological polar surface area (TPSA) is 65.4 Å². The van der Waals surface area contributed by atoms with Crippen LogP contribution in [0.5, 0.6) is 0 Å². The van der Waals surface area contributed by atoms with Gasteiger partial charge in [-0.25, -0.2) is 9.97 Å². The van der Waals surface area contributed by atoms with Crippen molar-refractivity contribution in [3.63, 3.8) is 0 Å². The summed E-state index contributed by atoms with van der Waals surface area (Å²) in [4.78, 5) is 14.8. The van der Waals surface area contributed by atoms with Crippen LogP contribution < -0.4 is 15.5 Å². The van der Waals surface area contributed by atoms with Crippen LogP contribution >= 0.6 is 24.0 Å². The fourth-order valence-corrected chi connectivity index (χ4v) is 1.52. The molecule has 7 heteroatoms. The third-order valence-electron chi connectivity index (χ3n) is 2.43. The minimum Gasteiger partial charge on any atom is -0.356 e. The Labute approximate surface area is 124 Å². The van der Waals surface area contributed by atoms with Crippen LogP contribution in [-0.4, -0.2) is 43.1 Å². The third-order valence-corrected chi connectivity index (χ3v) is 2.43. The van der Waals surface area contributed by atoms with Crippen molar-refractivity contribution in [1.82, 2.24) is 20.6 Å². The van der Waals surface area contributed by atoms with Crippen LogP contribution in [0.3, 0.4) is 0 Å². The zero-order valence-electron chi connectivity index (χ0n) is 10.7. The second kappa shape index (κ2) is 7.34. The van der Waals surface area contributed by atoms with Gasteiger partial charge in [0.25, 0.3) is 0 Å². The van der Waals surface area contributed by atoms with Crippen molar-refractivity contribution >= 4 is 35.9 Å². The molecule has 0 aromatic carbocycles. The number of anilines is 1. The Morgan fingerprint density at radius 3 is 2.94 bits per heavy atom. The molecule has 0 radical (unpaired) electrons. The van der Waals surface area contributed by atoms with E-state index in [1.165, 1.54) is 0 Å². The molecule has 100 valence electrons. The molecule has 1 aromatic heterocycles. The lowest BCUT2D eigenvalue weighted by Crippen LogP contribution is -2.40. The normalized spacial score (nSPS) is 14.0. The summed E-state index contributed by atoms with van der Waals surface area (Å²) in [5.74, 6) is 1.59. The minimum atomic E-state index is 0. The highest BCUT2D eigenvalue weighted by Gasteiger charge is 2.05. The van der Waals surface area contributed by atoms with Gasteiger partial charge in [-0.1, -0.05) is 0 Å². The number of guanidine groups is 1. The quantitative estimate of drug-likeness (QED) is 0.771. The maximum absolute atomic E-state index is 4.43. The first-order valence-corrected chi connectivity index (χ1v) is 5.77. The fraction of sp³-hybridized carbons (Fsp3) is 0.545. The van der Waals surface area contributed by atoms with Gasteiger partial charge < -0.3 is 15.5 Å². The molecular weight excluding hydrogens is 343 g/mol. The molecule has 0 aliphatic carbocycles. The van der Waals surface area contributed by atoms with Gasteiger partial charge in [-0.15, -0.1) is 24.0 Å². The van der Waals surface area contributed by atoms with Gasteiger partial charge >= 0.3 is 0 Å². The number of hydrogen-bond acceptors (Lipinski definition) is 6. The molecule has 0 amide bonds. The smallest absolute Gasteiger partial charge is 0.225 e. The molecule has 0 fully saturated rings. The summed E-state index contributed by atoms with van der Waals surface area (Å²) in [6, 6.07) is 1.91. The summed E-state index contributed by atoms with van der Waals surface area (Å²) >= 11 is 0. The number of aromatic nitrogens is 2. The zero-order chi connectivity index (χ0) is 12.1. The highest BCUT2D eigenvalue weighted by molar-refractivity contribution is 14.0. The van der Waals surface area contributed by atoms with Gasteiger partial charge in [0.1, 0.15) is 0 Å². The number of halogens is 1. The van der Waals surface area contributed by atoms with Crippen LogP contribution in [0.4, 0.5) is 5.95 Å². The lowest BCUT2D eigenvalue weighted by Gasteiger charge is -2.16. The van der Waals surface area contributed by atoms with Crippen LogP contribution in [-0.2, 0) is 6.54 Å². The second-order valence-corrected chi connectivity index (χ2v) is 4.11. The van der Waals surface area contributed by atoms with Crippen LogP contribution in [0.2, 0.25) is 0 Å². The average molecular weight is 362 g/mol.